The zero-order valence-corrected chi connectivity index (χ0v) is 9.51. The molecule has 0 aromatic heterocycles. The molecule has 0 saturated heterocycles. The molecule has 0 bridgehead atoms. The zero-order chi connectivity index (χ0) is 13.7. The van der Waals surface area contributed by atoms with Gasteiger partial charge in [-0.25, -0.2) is 9.18 Å². The fourth-order valence-corrected chi connectivity index (χ4v) is 1.31. The smallest absolute Gasteiger partial charge is 0.328 e. The van der Waals surface area contributed by atoms with E-state index in [9.17, 15) is 14.0 Å². The number of hydrogen-bond donors (Lipinski definition) is 3. The Morgan fingerprint density at radius 1 is 1.50 bits per heavy atom. The predicted octanol–water partition coefficient (Wildman–Crippen LogP) is 0.00960. The summed E-state index contributed by atoms with van der Waals surface area (Å²) in [5, 5.41) is 19.4. The number of methoxy groups -OCH3 is 1. The van der Waals surface area contributed by atoms with Crippen LogP contribution in [0.4, 0.5) is 4.39 Å². The number of halogens is 1. The van der Waals surface area contributed by atoms with Crippen molar-refractivity contribution in [2.24, 2.45) is 0 Å². The molecule has 7 heteroatoms. The molecule has 0 spiro atoms. The quantitative estimate of drug-likeness (QED) is 0.690. The van der Waals surface area contributed by atoms with Crippen molar-refractivity contribution in [3.8, 4) is 5.75 Å². The van der Waals surface area contributed by atoms with Crippen LogP contribution in [-0.4, -0.2) is 41.8 Å². The number of benzene rings is 1. The van der Waals surface area contributed by atoms with E-state index in [4.69, 9.17) is 14.9 Å². The van der Waals surface area contributed by atoms with Gasteiger partial charge in [0.05, 0.1) is 13.7 Å². The van der Waals surface area contributed by atoms with Gasteiger partial charge >= 0.3 is 5.97 Å². The Morgan fingerprint density at radius 3 is 2.67 bits per heavy atom. The van der Waals surface area contributed by atoms with Gasteiger partial charge in [0.2, 0.25) is 0 Å². The lowest BCUT2D eigenvalue weighted by molar-refractivity contribution is -0.140. The van der Waals surface area contributed by atoms with E-state index >= 15 is 0 Å². The molecule has 0 radical (unpaired) electrons. The van der Waals surface area contributed by atoms with E-state index in [-0.39, 0.29) is 5.75 Å². The summed E-state index contributed by atoms with van der Waals surface area (Å²) in [5.74, 6) is -3.24. The second-order valence-electron chi connectivity index (χ2n) is 3.36. The molecule has 0 aliphatic carbocycles. The molecule has 98 valence electrons. The number of nitrogens with one attached hydrogen (secondary N) is 1. The van der Waals surface area contributed by atoms with Crippen molar-refractivity contribution < 1.29 is 28.9 Å². The van der Waals surface area contributed by atoms with Gasteiger partial charge in [0.1, 0.15) is 17.1 Å². The van der Waals surface area contributed by atoms with Gasteiger partial charge in [0.25, 0.3) is 5.91 Å². The number of carbonyl (C=O) groups is 2. The van der Waals surface area contributed by atoms with Crippen molar-refractivity contribution in [2.75, 3.05) is 13.7 Å². The SMILES string of the molecule is COc1cccc(F)c1C(=O)N[C@@H](CO)C(=O)O. The predicted molar refractivity (Wildman–Crippen MR) is 58.9 cm³/mol. The van der Waals surface area contributed by atoms with Gasteiger partial charge in [-0.05, 0) is 12.1 Å². The van der Waals surface area contributed by atoms with Gasteiger partial charge in [0.15, 0.2) is 6.04 Å². The first-order chi connectivity index (χ1) is 8.51. The first kappa shape index (κ1) is 13.9. The molecule has 0 saturated carbocycles. The number of amides is 1. The van der Waals surface area contributed by atoms with Crippen molar-refractivity contribution in [1.29, 1.82) is 0 Å². The normalized spacial score (nSPS) is 11.7. The Hall–Kier alpha value is -2.15. The van der Waals surface area contributed by atoms with Gasteiger partial charge in [-0.15, -0.1) is 0 Å². The number of carboxylic acid groups (broad SMARTS) is 1. The van der Waals surface area contributed by atoms with Crippen LogP contribution in [-0.2, 0) is 4.79 Å². The number of rotatable bonds is 5. The number of aliphatic hydroxyl groups excluding tert-OH is 1. The molecule has 0 heterocycles. The van der Waals surface area contributed by atoms with Gasteiger partial charge in [-0.1, -0.05) is 6.07 Å². The van der Waals surface area contributed by atoms with E-state index in [0.29, 0.717) is 0 Å². The number of carbonyl (C=O) groups excluding carboxylic acids is 1. The van der Waals surface area contributed by atoms with Crippen LogP contribution in [0.1, 0.15) is 10.4 Å². The monoisotopic (exact) mass is 257 g/mol. The van der Waals surface area contributed by atoms with Crippen molar-refractivity contribution in [1.82, 2.24) is 5.32 Å². The minimum atomic E-state index is -1.50. The third-order valence-corrected chi connectivity index (χ3v) is 2.21. The maximum Gasteiger partial charge on any atom is 0.328 e. The molecule has 18 heavy (non-hydrogen) atoms. The van der Waals surface area contributed by atoms with Crippen LogP contribution in [0.5, 0.6) is 5.75 Å². The highest BCUT2D eigenvalue weighted by Gasteiger charge is 2.23. The van der Waals surface area contributed by atoms with Crippen LogP contribution >= 0.6 is 0 Å². The first-order valence-corrected chi connectivity index (χ1v) is 4.98. The Morgan fingerprint density at radius 2 is 2.17 bits per heavy atom. The maximum atomic E-state index is 13.5. The number of hydrogen-bond acceptors (Lipinski definition) is 4. The summed E-state index contributed by atoms with van der Waals surface area (Å²) >= 11 is 0. The van der Waals surface area contributed by atoms with Gasteiger partial charge < -0.3 is 20.3 Å². The second-order valence-corrected chi connectivity index (χ2v) is 3.36. The Balaban J connectivity index is 3.00. The molecule has 0 unspecified atom stereocenters. The molecule has 6 nitrogen and oxygen atoms in total. The summed E-state index contributed by atoms with van der Waals surface area (Å²) in [7, 11) is 1.26. The molecular weight excluding hydrogens is 245 g/mol. The molecule has 1 atom stereocenters. The van der Waals surface area contributed by atoms with E-state index in [1.807, 2.05) is 5.32 Å². The fraction of sp³-hybridized carbons (Fsp3) is 0.273. The Bertz CT molecular complexity index is 463. The van der Waals surface area contributed by atoms with E-state index < -0.39 is 35.9 Å². The fourth-order valence-electron chi connectivity index (χ4n) is 1.31. The number of aliphatic hydroxyl groups is 1. The molecule has 0 fully saturated rings. The van der Waals surface area contributed by atoms with Crippen LogP contribution < -0.4 is 10.1 Å². The lowest BCUT2D eigenvalue weighted by Crippen LogP contribution is -2.43. The second kappa shape index (κ2) is 5.97. The molecule has 3 N–H and O–H groups in total. The minimum Gasteiger partial charge on any atom is -0.496 e. The van der Waals surface area contributed by atoms with Crippen molar-refractivity contribution in [3.05, 3.63) is 29.6 Å². The zero-order valence-electron chi connectivity index (χ0n) is 9.51. The standard InChI is InChI=1S/C11H12FNO5/c1-18-8-4-2-3-6(12)9(8)10(15)13-7(5-14)11(16)17/h2-4,7,14H,5H2,1H3,(H,13,15)(H,16,17)/t7-/m0/s1. The van der Waals surface area contributed by atoms with Crippen molar-refractivity contribution >= 4 is 11.9 Å². The van der Waals surface area contributed by atoms with E-state index in [0.717, 1.165) is 6.07 Å². The molecular formula is C11H12FNO5. The number of carboxylic acids is 1. The number of aliphatic carboxylic acids is 1. The summed E-state index contributed by atoms with van der Waals surface area (Å²) in [6.45, 7) is -0.794. The highest BCUT2D eigenvalue weighted by atomic mass is 19.1. The summed E-state index contributed by atoms with van der Waals surface area (Å²) in [4.78, 5) is 22.4. The van der Waals surface area contributed by atoms with Crippen LogP contribution in [0.15, 0.2) is 18.2 Å². The van der Waals surface area contributed by atoms with Crippen LogP contribution in [0.25, 0.3) is 0 Å². The summed E-state index contributed by atoms with van der Waals surface area (Å²) < 4.78 is 18.3. The largest absolute Gasteiger partial charge is 0.496 e. The topological polar surface area (TPSA) is 95.9 Å². The third-order valence-electron chi connectivity index (χ3n) is 2.21. The van der Waals surface area contributed by atoms with E-state index in [1.165, 1.54) is 19.2 Å². The van der Waals surface area contributed by atoms with E-state index in [1.54, 1.807) is 0 Å². The molecule has 0 aliphatic heterocycles. The third kappa shape index (κ3) is 2.95. The maximum absolute atomic E-state index is 13.5. The molecule has 0 aliphatic rings. The van der Waals surface area contributed by atoms with Gasteiger partial charge in [0, 0.05) is 0 Å². The van der Waals surface area contributed by atoms with Crippen molar-refractivity contribution in [2.45, 2.75) is 6.04 Å². The van der Waals surface area contributed by atoms with Crippen LogP contribution in [0.3, 0.4) is 0 Å². The van der Waals surface area contributed by atoms with Crippen LogP contribution in [0, 0.1) is 5.82 Å². The first-order valence-electron chi connectivity index (χ1n) is 4.98. The molecule has 1 amide bonds. The van der Waals surface area contributed by atoms with Crippen molar-refractivity contribution in [3.63, 3.8) is 0 Å². The average Bonchev–Trinajstić information content (AvgIpc) is 2.34. The van der Waals surface area contributed by atoms with E-state index in [2.05, 4.69) is 0 Å². The summed E-state index contributed by atoms with van der Waals surface area (Å²) in [6.07, 6.45) is 0. The van der Waals surface area contributed by atoms with Gasteiger partial charge in [-0.3, -0.25) is 4.79 Å². The Labute approximate surface area is 102 Å². The van der Waals surface area contributed by atoms with Gasteiger partial charge in [-0.2, -0.15) is 0 Å². The Kier molecular flexibility index (Phi) is 4.61. The highest BCUT2D eigenvalue weighted by molar-refractivity contribution is 5.99. The minimum absolute atomic E-state index is 0.0189. The number of ether oxygens (including phenoxy) is 1. The average molecular weight is 257 g/mol. The summed E-state index contributed by atoms with van der Waals surface area (Å²) in [6, 6.07) is 2.27. The van der Waals surface area contributed by atoms with Crippen LogP contribution in [0.2, 0.25) is 0 Å². The highest BCUT2D eigenvalue weighted by Crippen LogP contribution is 2.20. The molecule has 1 rings (SSSR count). The molecule has 1 aromatic carbocycles. The summed E-state index contributed by atoms with van der Waals surface area (Å²) in [5.41, 5.74) is -0.403. The lowest BCUT2D eigenvalue weighted by Gasteiger charge is -2.13. The molecule has 1 aromatic rings. The lowest BCUT2D eigenvalue weighted by atomic mass is 10.1.